The smallest absolute Gasteiger partial charge is 0.354 e. The minimum Gasteiger partial charge on any atom is -0.354 e. The zero-order chi connectivity index (χ0) is 24.4. The van der Waals surface area contributed by atoms with Gasteiger partial charge in [-0.3, -0.25) is 9.59 Å². The largest absolute Gasteiger partial charge is 0.416 e. The molecule has 1 aromatic rings. The van der Waals surface area contributed by atoms with E-state index in [-0.39, 0.29) is 23.8 Å². The molecule has 33 heavy (non-hydrogen) atoms. The molecule has 5 nitrogen and oxygen atoms in total. The van der Waals surface area contributed by atoms with E-state index in [1.54, 1.807) is 0 Å². The van der Waals surface area contributed by atoms with Gasteiger partial charge < -0.3 is 15.5 Å². The molecule has 2 aliphatic rings. The molecule has 2 fully saturated rings. The van der Waals surface area contributed by atoms with E-state index in [1.807, 2.05) is 6.92 Å². The van der Waals surface area contributed by atoms with E-state index < -0.39 is 34.7 Å². The molecule has 1 saturated carbocycles. The number of rotatable bonds is 8. The quantitative estimate of drug-likeness (QED) is 0.555. The average molecular weight is 476 g/mol. The van der Waals surface area contributed by atoms with Gasteiger partial charge in [-0.25, -0.2) is 8.78 Å². The number of piperidine rings is 1. The van der Waals surface area contributed by atoms with E-state index in [9.17, 15) is 31.5 Å². The molecule has 1 aliphatic carbocycles. The zero-order valence-corrected chi connectivity index (χ0v) is 18.8. The second-order valence-corrected chi connectivity index (χ2v) is 9.50. The molecule has 0 bridgehead atoms. The molecule has 0 radical (unpaired) electrons. The van der Waals surface area contributed by atoms with E-state index in [0.29, 0.717) is 25.6 Å². The summed E-state index contributed by atoms with van der Waals surface area (Å²) in [5, 5.41) is 5.56. The lowest BCUT2D eigenvalue weighted by Crippen LogP contribution is -2.42. The number of hydrogen-bond donors (Lipinski definition) is 2. The van der Waals surface area contributed by atoms with E-state index in [2.05, 4.69) is 15.5 Å². The van der Waals surface area contributed by atoms with Crippen LogP contribution in [-0.4, -0.2) is 49.4 Å². The molecule has 3 rings (SSSR count). The average Bonchev–Trinajstić information content (AvgIpc) is 3.50. The van der Waals surface area contributed by atoms with Crippen LogP contribution in [0.15, 0.2) is 18.2 Å². The summed E-state index contributed by atoms with van der Waals surface area (Å²) in [6, 6.07) is 1.78. The Bertz CT molecular complexity index is 838. The Balaban J connectivity index is 1.47. The standard InChI is InChI=1S/C23H30F5N3O2/c1-21(5-6-21)20(33)29-7-10-31-8-3-15(4-9-31)14-30-19(32)16-11-17(22(2,24)25)13-18(12-16)23(26,27)28/h11-13,15H,3-10,14H2,1-2H3,(H,29,33)(H,30,32). The summed E-state index contributed by atoms with van der Waals surface area (Å²) in [5.41, 5.74) is -2.75. The molecule has 0 unspecified atom stereocenters. The maximum absolute atomic E-state index is 13.6. The fourth-order valence-corrected chi connectivity index (χ4v) is 3.88. The van der Waals surface area contributed by atoms with Crippen LogP contribution >= 0.6 is 0 Å². The highest BCUT2D eigenvalue weighted by molar-refractivity contribution is 5.94. The van der Waals surface area contributed by atoms with Gasteiger partial charge in [0.1, 0.15) is 0 Å². The number of halogens is 5. The van der Waals surface area contributed by atoms with E-state index >= 15 is 0 Å². The summed E-state index contributed by atoms with van der Waals surface area (Å²) >= 11 is 0. The normalized spacial score (nSPS) is 19.2. The number of likely N-dealkylation sites (tertiary alicyclic amines) is 1. The van der Waals surface area contributed by atoms with Crippen molar-refractivity contribution in [1.82, 2.24) is 15.5 Å². The maximum Gasteiger partial charge on any atom is 0.416 e. The monoisotopic (exact) mass is 475 g/mol. The number of amides is 2. The van der Waals surface area contributed by atoms with Crippen LogP contribution in [0.5, 0.6) is 0 Å². The number of hydrogen-bond acceptors (Lipinski definition) is 3. The van der Waals surface area contributed by atoms with E-state index in [0.717, 1.165) is 51.4 Å². The predicted octanol–water partition coefficient (Wildman–Crippen LogP) is 4.18. The Morgan fingerprint density at radius 1 is 1.03 bits per heavy atom. The number of benzene rings is 1. The van der Waals surface area contributed by atoms with E-state index in [4.69, 9.17) is 0 Å². The highest BCUT2D eigenvalue weighted by Gasteiger charge is 2.44. The Morgan fingerprint density at radius 3 is 2.18 bits per heavy atom. The first kappa shape index (κ1) is 25.4. The third-order valence-corrected chi connectivity index (χ3v) is 6.55. The number of carbonyl (C=O) groups is 2. The minimum atomic E-state index is -4.83. The number of carbonyl (C=O) groups excluding carboxylic acids is 2. The zero-order valence-electron chi connectivity index (χ0n) is 18.8. The van der Waals surface area contributed by atoms with Crippen LogP contribution < -0.4 is 10.6 Å². The van der Waals surface area contributed by atoms with Gasteiger partial charge in [0.2, 0.25) is 5.91 Å². The summed E-state index contributed by atoms with van der Waals surface area (Å²) in [7, 11) is 0. The van der Waals surface area contributed by atoms with Crippen LogP contribution in [0.1, 0.15) is 61.0 Å². The lowest BCUT2D eigenvalue weighted by molar-refractivity contribution is -0.137. The van der Waals surface area contributed by atoms with Gasteiger partial charge in [0, 0.05) is 43.1 Å². The molecule has 1 aromatic carbocycles. The molecule has 2 amide bonds. The highest BCUT2D eigenvalue weighted by atomic mass is 19.4. The number of nitrogens with one attached hydrogen (secondary N) is 2. The van der Waals surface area contributed by atoms with Crippen molar-refractivity contribution in [3.63, 3.8) is 0 Å². The second-order valence-electron chi connectivity index (χ2n) is 9.50. The first-order valence-corrected chi connectivity index (χ1v) is 11.2. The topological polar surface area (TPSA) is 61.4 Å². The number of nitrogens with zero attached hydrogens (tertiary/aromatic N) is 1. The van der Waals surface area contributed by atoms with Crippen LogP contribution in [0.2, 0.25) is 0 Å². The molecule has 0 spiro atoms. The molecule has 1 heterocycles. The van der Waals surface area contributed by atoms with Crippen LogP contribution in [0, 0.1) is 11.3 Å². The fourth-order valence-electron chi connectivity index (χ4n) is 3.88. The fraction of sp³-hybridized carbons (Fsp3) is 0.652. The Labute approximate surface area is 190 Å². The second kappa shape index (κ2) is 9.56. The molecule has 0 aromatic heterocycles. The van der Waals surface area contributed by atoms with Crippen LogP contribution in [0.4, 0.5) is 22.0 Å². The highest BCUT2D eigenvalue weighted by Crippen LogP contribution is 2.44. The SMILES string of the molecule is CC1(C(=O)NCCN2CCC(CNC(=O)c3cc(C(C)(F)F)cc(C(F)(F)F)c3)CC2)CC1. The van der Waals surface area contributed by atoms with Crippen molar-refractivity contribution in [2.24, 2.45) is 11.3 Å². The van der Waals surface area contributed by atoms with Crippen molar-refractivity contribution >= 4 is 11.8 Å². The van der Waals surface area contributed by atoms with Crippen LogP contribution in [0.25, 0.3) is 0 Å². The Hall–Kier alpha value is -2.23. The summed E-state index contributed by atoms with van der Waals surface area (Å²) < 4.78 is 66.6. The van der Waals surface area contributed by atoms with Crippen LogP contribution in [-0.2, 0) is 16.9 Å². The maximum atomic E-state index is 13.6. The van der Waals surface area contributed by atoms with Gasteiger partial charge in [0.25, 0.3) is 11.8 Å². The number of alkyl halides is 5. The van der Waals surface area contributed by atoms with Crippen molar-refractivity contribution in [1.29, 1.82) is 0 Å². The van der Waals surface area contributed by atoms with Crippen molar-refractivity contribution in [2.45, 2.75) is 51.6 Å². The first-order valence-electron chi connectivity index (χ1n) is 11.2. The van der Waals surface area contributed by atoms with Crippen molar-refractivity contribution < 1.29 is 31.5 Å². The Kier molecular flexibility index (Phi) is 7.36. The molecule has 2 N–H and O–H groups in total. The van der Waals surface area contributed by atoms with Gasteiger partial charge >= 0.3 is 6.18 Å². The third-order valence-electron chi connectivity index (χ3n) is 6.55. The minimum absolute atomic E-state index is 0.0960. The van der Waals surface area contributed by atoms with Gasteiger partial charge in [0.15, 0.2) is 0 Å². The lowest BCUT2D eigenvalue weighted by atomic mass is 9.96. The molecule has 1 saturated heterocycles. The summed E-state index contributed by atoms with van der Waals surface area (Å²) in [6.07, 6.45) is -1.41. The van der Waals surface area contributed by atoms with Gasteiger partial charge in [-0.05, 0) is 62.9 Å². The van der Waals surface area contributed by atoms with Gasteiger partial charge in [0.05, 0.1) is 5.56 Å². The third kappa shape index (κ3) is 6.88. The Morgan fingerprint density at radius 2 is 1.64 bits per heavy atom. The van der Waals surface area contributed by atoms with Crippen molar-refractivity contribution in [3.05, 3.63) is 34.9 Å². The predicted molar refractivity (Wildman–Crippen MR) is 113 cm³/mol. The van der Waals surface area contributed by atoms with Gasteiger partial charge in [-0.15, -0.1) is 0 Å². The lowest BCUT2D eigenvalue weighted by Gasteiger charge is -2.32. The molecule has 10 heteroatoms. The van der Waals surface area contributed by atoms with Crippen molar-refractivity contribution in [3.8, 4) is 0 Å². The molecule has 1 aliphatic heterocycles. The summed E-state index contributed by atoms with van der Waals surface area (Å²) in [5.74, 6) is -4.06. The molecule has 184 valence electrons. The molecule has 0 atom stereocenters. The van der Waals surface area contributed by atoms with E-state index in [1.165, 1.54) is 0 Å². The van der Waals surface area contributed by atoms with Crippen LogP contribution in [0.3, 0.4) is 0 Å². The summed E-state index contributed by atoms with van der Waals surface area (Å²) in [4.78, 5) is 26.6. The first-order chi connectivity index (χ1) is 15.3. The summed E-state index contributed by atoms with van der Waals surface area (Å²) in [6.45, 7) is 5.59. The molecular weight excluding hydrogens is 445 g/mol. The van der Waals surface area contributed by atoms with Crippen molar-refractivity contribution in [2.75, 3.05) is 32.7 Å². The van der Waals surface area contributed by atoms with Gasteiger partial charge in [-0.2, -0.15) is 13.2 Å². The molecular formula is C23H30F5N3O2. The van der Waals surface area contributed by atoms with Gasteiger partial charge in [-0.1, -0.05) is 6.92 Å².